The molecule has 0 bridgehead atoms. The van der Waals surface area contributed by atoms with Crippen LogP contribution in [0.1, 0.15) is 60.5 Å². The predicted octanol–water partition coefficient (Wildman–Crippen LogP) is 5.79. The van der Waals surface area contributed by atoms with Crippen molar-refractivity contribution in [1.29, 1.82) is 0 Å². The maximum Gasteiger partial charge on any atom is 0.161 e. The Morgan fingerprint density at radius 3 is 1.95 bits per heavy atom. The molecule has 0 saturated carbocycles. The molecule has 4 atom stereocenters. The zero-order valence-electron chi connectivity index (χ0n) is 22.7. The van der Waals surface area contributed by atoms with E-state index in [0.717, 1.165) is 55.4 Å². The summed E-state index contributed by atoms with van der Waals surface area (Å²) in [5.41, 5.74) is 5.60. The average molecular weight is 554 g/mol. The van der Waals surface area contributed by atoms with Gasteiger partial charge in [0.1, 0.15) is 0 Å². The minimum absolute atomic E-state index is 0. The van der Waals surface area contributed by atoms with E-state index in [9.17, 15) is 0 Å². The second-order valence-electron chi connectivity index (χ2n) is 10.2. The van der Waals surface area contributed by atoms with Gasteiger partial charge in [0.15, 0.2) is 23.0 Å². The number of nitrogens with zero attached hydrogens (tertiary/aromatic N) is 1. The van der Waals surface area contributed by atoms with Gasteiger partial charge in [0.25, 0.3) is 0 Å². The SMILES string of the molecule is CC[C@H]1CN2CCc3cc(OC)c(OC)cc3[C@@H]2C[C@@H]1C[C@H]1NCCc2cc(OC)c(OC)cc21.Cl.Cl. The third kappa shape index (κ3) is 5.63. The first kappa shape index (κ1) is 29.7. The normalized spacial score (nSPS) is 24.4. The summed E-state index contributed by atoms with van der Waals surface area (Å²) in [6, 6.07) is 9.61. The van der Waals surface area contributed by atoms with Crippen molar-refractivity contribution in [2.24, 2.45) is 11.8 Å². The molecule has 0 radical (unpaired) electrons. The lowest BCUT2D eigenvalue weighted by molar-refractivity contribution is 0.0434. The molecule has 2 aromatic rings. The van der Waals surface area contributed by atoms with E-state index in [-0.39, 0.29) is 24.8 Å². The summed E-state index contributed by atoms with van der Waals surface area (Å²) in [6.07, 6.45) is 5.65. The van der Waals surface area contributed by atoms with Crippen LogP contribution in [0.5, 0.6) is 23.0 Å². The molecular weight excluding hydrogens is 511 g/mol. The van der Waals surface area contributed by atoms with Gasteiger partial charge in [0, 0.05) is 25.2 Å². The van der Waals surface area contributed by atoms with Crippen molar-refractivity contribution in [3.05, 3.63) is 46.5 Å². The molecule has 206 valence electrons. The number of hydrogen-bond acceptors (Lipinski definition) is 6. The van der Waals surface area contributed by atoms with E-state index in [0.29, 0.717) is 23.9 Å². The van der Waals surface area contributed by atoms with E-state index < -0.39 is 0 Å². The minimum Gasteiger partial charge on any atom is -0.493 e. The molecule has 3 heterocycles. The van der Waals surface area contributed by atoms with Crippen molar-refractivity contribution in [3.8, 4) is 23.0 Å². The van der Waals surface area contributed by atoms with Gasteiger partial charge < -0.3 is 24.3 Å². The Hall–Kier alpha value is -1.86. The van der Waals surface area contributed by atoms with Crippen molar-refractivity contribution >= 4 is 24.8 Å². The molecule has 0 aliphatic carbocycles. The lowest BCUT2D eigenvalue weighted by Crippen LogP contribution is -2.46. The average Bonchev–Trinajstić information content (AvgIpc) is 2.91. The first-order chi connectivity index (χ1) is 17.1. The van der Waals surface area contributed by atoms with Gasteiger partial charge in [0.05, 0.1) is 28.4 Å². The molecule has 0 aromatic heterocycles. The van der Waals surface area contributed by atoms with Crippen LogP contribution in [0.2, 0.25) is 0 Å². The highest BCUT2D eigenvalue weighted by molar-refractivity contribution is 5.85. The monoisotopic (exact) mass is 552 g/mol. The molecular formula is C29H42Cl2N2O4. The van der Waals surface area contributed by atoms with E-state index >= 15 is 0 Å². The highest BCUT2D eigenvalue weighted by Gasteiger charge is 2.40. The second-order valence-corrected chi connectivity index (χ2v) is 10.2. The Kier molecular flexibility index (Phi) is 10.3. The molecule has 5 rings (SSSR count). The van der Waals surface area contributed by atoms with Crippen LogP contribution in [0.4, 0.5) is 0 Å². The quantitative estimate of drug-likeness (QED) is 0.469. The number of ether oxygens (including phenoxy) is 4. The molecule has 1 fully saturated rings. The van der Waals surface area contributed by atoms with Crippen molar-refractivity contribution in [1.82, 2.24) is 10.2 Å². The standard InChI is InChI=1S/C29H40N2O4.2ClH/c1-6-18-17-31-10-8-20-14-27(33-3)29(35-5)16-23(20)25(31)12-21(18)11-24-22-15-28(34-4)26(32-2)13-19(22)7-9-30-24;;/h13-16,18,21,24-25,30H,6-12,17H2,1-5H3;2*1H/t18-,21-,24+,25-;;/m0../s1. The second kappa shape index (κ2) is 12.8. The third-order valence-electron chi connectivity index (χ3n) is 8.64. The summed E-state index contributed by atoms with van der Waals surface area (Å²) in [5, 5.41) is 3.83. The summed E-state index contributed by atoms with van der Waals surface area (Å²) >= 11 is 0. The van der Waals surface area contributed by atoms with Crippen LogP contribution >= 0.6 is 24.8 Å². The van der Waals surface area contributed by atoms with E-state index in [2.05, 4.69) is 41.4 Å². The highest BCUT2D eigenvalue weighted by atomic mass is 35.5. The molecule has 6 nitrogen and oxygen atoms in total. The van der Waals surface area contributed by atoms with Gasteiger partial charge in [-0.05, 0) is 90.6 Å². The first-order valence-corrected chi connectivity index (χ1v) is 13.1. The summed E-state index contributed by atoms with van der Waals surface area (Å²) in [6.45, 7) is 5.66. The first-order valence-electron chi connectivity index (χ1n) is 13.1. The molecule has 37 heavy (non-hydrogen) atoms. The number of methoxy groups -OCH3 is 4. The van der Waals surface area contributed by atoms with Crippen molar-refractivity contribution in [2.75, 3.05) is 48.1 Å². The molecule has 0 spiro atoms. The number of piperidine rings is 1. The zero-order chi connectivity index (χ0) is 24.5. The van der Waals surface area contributed by atoms with Gasteiger partial charge >= 0.3 is 0 Å². The molecule has 8 heteroatoms. The van der Waals surface area contributed by atoms with Crippen molar-refractivity contribution in [3.63, 3.8) is 0 Å². The lowest BCUT2D eigenvalue weighted by atomic mass is 9.72. The Labute approximate surface area is 234 Å². The maximum absolute atomic E-state index is 5.68. The fraction of sp³-hybridized carbons (Fsp3) is 0.586. The van der Waals surface area contributed by atoms with Crippen LogP contribution in [0.25, 0.3) is 0 Å². The maximum atomic E-state index is 5.68. The van der Waals surface area contributed by atoms with Crippen LogP contribution in [0.3, 0.4) is 0 Å². The van der Waals surface area contributed by atoms with Crippen molar-refractivity contribution < 1.29 is 18.9 Å². The van der Waals surface area contributed by atoms with E-state index in [4.69, 9.17) is 18.9 Å². The molecule has 1 saturated heterocycles. The number of rotatable bonds is 7. The number of hydrogen-bond donors (Lipinski definition) is 1. The highest BCUT2D eigenvalue weighted by Crippen LogP contribution is 2.48. The number of halogens is 2. The lowest BCUT2D eigenvalue weighted by Gasteiger charge is -2.48. The van der Waals surface area contributed by atoms with Crippen LogP contribution in [-0.2, 0) is 12.8 Å². The van der Waals surface area contributed by atoms with E-state index in [1.165, 1.54) is 41.6 Å². The fourth-order valence-corrected chi connectivity index (χ4v) is 6.74. The Morgan fingerprint density at radius 2 is 1.35 bits per heavy atom. The fourth-order valence-electron chi connectivity index (χ4n) is 6.74. The van der Waals surface area contributed by atoms with Gasteiger partial charge in [-0.15, -0.1) is 24.8 Å². The number of fused-ring (bicyclic) bond motifs is 4. The molecule has 0 amide bonds. The van der Waals surface area contributed by atoms with Crippen LogP contribution < -0.4 is 24.3 Å². The zero-order valence-corrected chi connectivity index (χ0v) is 24.3. The topological polar surface area (TPSA) is 52.2 Å². The van der Waals surface area contributed by atoms with Gasteiger partial charge in [-0.2, -0.15) is 0 Å². The molecule has 1 N–H and O–H groups in total. The van der Waals surface area contributed by atoms with E-state index in [1.54, 1.807) is 28.4 Å². The molecule has 0 unspecified atom stereocenters. The Morgan fingerprint density at radius 1 is 0.784 bits per heavy atom. The minimum atomic E-state index is 0. The van der Waals surface area contributed by atoms with Crippen LogP contribution in [0, 0.1) is 11.8 Å². The van der Waals surface area contributed by atoms with Crippen LogP contribution in [0.15, 0.2) is 24.3 Å². The van der Waals surface area contributed by atoms with Crippen molar-refractivity contribution in [2.45, 2.75) is 51.1 Å². The van der Waals surface area contributed by atoms with Gasteiger partial charge in [-0.1, -0.05) is 13.3 Å². The van der Waals surface area contributed by atoms with Gasteiger partial charge in [-0.3, -0.25) is 4.90 Å². The summed E-state index contributed by atoms with van der Waals surface area (Å²) in [5.74, 6) is 4.69. The summed E-state index contributed by atoms with van der Waals surface area (Å²) in [7, 11) is 6.90. The summed E-state index contributed by atoms with van der Waals surface area (Å²) < 4.78 is 22.5. The van der Waals surface area contributed by atoms with Gasteiger partial charge in [0.2, 0.25) is 0 Å². The van der Waals surface area contributed by atoms with Crippen LogP contribution in [-0.4, -0.2) is 53.0 Å². The molecule has 3 aliphatic rings. The third-order valence-corrected chi connectivity index (χ3v) is 8.64. The number of nitrogens with one attached hydrogen (secondary N) is 1. The Balaban J connectivity index is 0.00000190. The molecule has 3 aliphatic heterocycles. The molecule has 2 aromatic carbocycles. The van der Waals surface area contributed by atoms with E-state index in [1.807, 2.05) is 0 Å². The smallest absolute Gasteiger partial charge is 0.161 e. The van der Waals surface area contributed by atoms with Gasteiger partial charge in [-0.25, -0.2) is 0 Å². The predicted molar refractivity (Wildman–Crippen MR) is 153 cm³/mol. The number of benzene rings is 2. The summed E-state index contributed by atoms with van der Waals surface area (Å²) in [4.78, 5) is 2.72. The largest absolute Gasteiger partial charge is 0.493 e. The Bertz CT molecular complexity index is 1060.